The van der Waals surface area contributed by atoms with Gasteiger partial charge in [-0.2, -0.15) is 5.10 Å². The molecule has 0 unspecified atom stereocenters. The first-order valence-corrected chi connectivity index (χ1v) is 9.92. The number of nitrogens with one attached hydrogen (secondary N) is 1. The molecule has 0 atom stereocenters. The molecule has 0 saturated heterocycles. The van der Waals surface area contributed by atoms with Crippen LogP contribution in [0, 0.1) is 0 Å². The Hall–Kier alpha value is -3.65. The van der Waals surface area contributed by atoms with E-state index in [1.54, 1.807) is 73.8 Å². The van der Waals surface area contributed by atoms with Crippen LogP contribution in [0.15, 0.2) is 76.3 Å². The highest BCUT2D eigenvalue weighted by Crippen LogP contribution is 2.23. The van der Waals surface area contributed by atoms with Crippen LogP contribution >= 0.6 is 15.9 Å². The fourth-order valence-corrected chi connectivity index (χ4v) is 2.97. The number of halogens is 1. The van der Waals surface area contributed by atoms with Gasteiger partial charge in [-0.15, -0.1) is 0 Å². The normalized spacial score (nSPS) is 10.5. The van der Waals surface area contributed by atoms with Gasteiger partial charge in [0.25, 0.3) is 5.91 Å². The predicted molar refractivity (Wildman–Crippen MR) is 120 cm³/mol. The van der Waals surface area contributed by atoms with Crippen molar-refractivity contribution in [3.8, 4) is 17.2 Å². The van der Waals surface area contributed by atoms with Crippen molar-refractivity contribution in [2.75, 3.05) is 14.2 Å². The van der Waals surface area contributed by atoms with Crippen LogP contribution in [-0.2, 0) is 0 Å². The molecular weight excluding hydrogens is 464 g/mol. The summed E-state index contributed by atoms with van der Waals surface area (Å²) in [6.45, 7) is 0. The maximum atomic E-state index is 12.5. The molecule has 158 valence electrons. The number of rotatable bonds is 7. The number of esters is 1. The lowest BCUT2D eigenvalue weighted by Gasteiger charge is -2.09. The van der Waals surface area contributed by atoms with Crippen LogP contribution in [0.25, 0.3) is 0 Å². The Morgan fingerprint density at radius 2 is 1.65 bits per heavy atom. The van der Waals surface area contributed by atoms with Gasteiger partial charge in [0.15, 0.2) is 0 Å². The summed E-state index contributed by atoms with van der Waals surface area (Å²) in [6.07, 6.45) is 1.40. The second kappa shape index (κ2) is 10.4. The summed E-state index contributed by atoms with van der Waals surface area (Å²) in [5, 5.41) is 3.98. The van der Waals surface area contributed by atoms with Gasteiger partial charge in [-0.1, -0.05) is 22.0 Å². The molecule has 3 aromatic carbocycles. The van der Waals surface area contributed by atoms with Gasteiger partial charge in [-0.25, -0.2) is 10.2 Å². The summed E-state index contributed by atoms with van der Waals surface area (Å²) in [7, 11) is 3.07. The van der Waals surface area contributed by atoms with Gasteiger partial charge in [0.1, 0.15) is 17.2 Å². The molecule has 0 saturated carbocycles. The third kappa shape index (κ3) is 5.93. The number of benzene rings is 3. The van der Waals surface area contributed by atoms with E-state index in [1.807, 2.05) is 0 Å². The number of amides is 1. The third-order valence-corrected chi connectivity index (χ3v) is 4.70. The summed E-state index contributed by atoms with van der Waals surface area (Å²) < 4.78 is 16.5. The number of carbonyl (C=O) groups is 2. The summed E-state index contributed by atoms with van der Waals surface area (Å²) in [6, 6.07) is 18.4. The van der Waals surface area contributed by atoms with Crippen molar-refractivity contribution >= 4 is 34.0 Å². The van der Waals surface area contributed by atoms with Crippen LogP contribution in [0.4, 0.5) is 0 Å². The standard InChI is InChI=1S/C23H19BrN2O5/c1-29-19-9-6-15(7-10-19)23(28)31-21-11-8-18(24)12-17(21)14-25-26-22(27)16-4-3-5-20(13-16)30-2/h3-14H,1-2H3,(H,26,27). The Bertz CT molecular complexity index is 1110. The SMILES string of the molecule is COc1ccc(C(=O)Oc2ccc(Br)cc2C=NNC(=O)c2cccc(OC)c2)cc1. The highest BCUT2D eigenvalue weighted by atomic mass is 79.9. The smallest absolute Gasteiger partial charge is 0.343 e. The largest absolute Gasteiger partial charge is 0.497 e. The summed E-state index contributed by atoms with van der Waals surface area (Å²) >= 11 is 3.38. The average Bonchev–Trinajstić information content (AvgIpc) is 2.80. The van der Waals surface area contributed by atoms with Crippen molar-refractivity contribution in [1.29, 1.82) is 0 Å². The molecule has 0 radical (unpaired) electrons. The zero-order chi connectivity index (χ0) is 22.2. The molecule has 0 aliphatic rings. The minimum atomic E-state index is -0.528. The molecule has 3 rings (SSSR count). The van der Waals surface area contributed by atoms with Crippen LogP contribution in [-0.4, -0.2) is 32.3 Å². The van der Waals surface area contributed by atoms with Crippen LogP contribution in [0.5, 0.6) is 17.2 Å². The Morgan fingerprint density at radius 3 is 2.35 bits per heavy atom. The molecule has 0 aromatic heterocycles. The molecule has 0 spiro atoms. The van der Waals surface area contributed by atoms with Crippen LogP contribution < -0.4 is 19.6 Å². The lowest BCUT2D eigenvalue weighted by atomic mass is 10.2. The van der Waals surface area contributed by atoms with E-state index in [0.717, 1.165) is 4.47 Å². The highest BCUT2D eigenvalue weighted by molar-refractivity contribution is 9.10. The first-order chi connectivity index (χ1) is 15.0. The second-order valence-electron chi connectivity index (χ2n) is 6.23. The van der Waals surface area contributed by atoms with Crippen LogP contribution in [0.3, 0.4) is 0 Å². The number of nitrogens with zero attached hydrogens (tertiary/aromatic N) is 1. The molecule has 7 nitrogen and oxygen atoms in total. The second-order valence-corrected chi connectivity index (χ2v) is 7.15. The topological polar surface area (TPSA) is 86.2 Å². The predicted octanol–water partition coefficient (Wildman–Crippen LogP) is 4.45. The van der Waals surface area contributed by atoms with Gasteiger partial charge in [-0.05, 0) is 60.7 Å². The van der Waals surface area contributed by atoms with E-state index >= 15 is 0 Å². The van der Waals surface area contributed by atoms with Crippen molar-refractivity contribution in [2.24, 2.45) is 5.10 Å². The molecule has 31 heavy (non-hydrogen) atoms. The van der Waals surface area contributed by atoms with E-state index in [9.17, 15) is 9.59 Å². The zero-order valence-electron chi connectivity index (χ0n) is 16.8. The van der Waals surface area contributed by atoms with Gasteiger partial charge in [0.2, 0.25) is 0 Å². The maximum absolute atomic E-state index is 12.5. The van der Waals surface area contributed by atoms with Crippen molar-refractivity contribution in [3.63, 3.8) is 0 Å². The molecule has 1 amide bonds. The molecule has 0 bridgehead atoms. The first-order valence-electron chi connectivity index (χ1n) is 9.13. The number of hydrogen-bond donors (Lipinski definition) is 1. The maximum Gasteiger partial charge on any atom is 0.343 e. The lowest BCUT2D eigenvalue weighted by molar-refractivity contribution is 0.0734. The van der Waals surface area contributed by atoms with E-state index in [0.29, 0.717) is 33.9 Å². The van der Waals surface area contributed by atoms with Gasteiger partial charge >= 0.3 is 5.97 Å². The van der Waals surface area contributed by atoms with Crippen molar-refractivity contribution < 1.29 is 23.8 Å². The van der Waals surface area contributed by atoms with E-state index in [-0.39, 0.29) is 0 Å². The van der Waals surface area contributed by atoms with Crippen LogP contribution in [0.1, 0.15) is 26.3 Å². The molecule has 1 N–H and O–H groups in total. The summed E-state index contributed by atoms with van der Waals surface area (Å²) in [5.74, 6) is 0.571. The number of ether oxygens (including phenoxy) is 3. The molecule has 8 heteroatoms. The van der Waals surface area contributed by atoms with Crippen molar-refractivity contribution in [1.82, 2.24) is 5.43 Å². The molecule has 0 heterocycles. The van der Waals surface area contributed by atoms with E-state index in [1.165, 1.54) is 13.3 Å². The number of hydrazone groups is 1. The van der Waals surface area contributed by atoms with E-state index in [2.05, 4.69) is 26.5 Å². The molecule has 0 aliphatic heterocycles. The lowest BCUT2D eigenvalue weighted by Crippen LogP contribution is -2.17. The number of methoxy groups -OCH3 is 2. The minimum Gasteiger partial charge on any atom is -0.497 e. The van der Waals surface area contributed by atoms with Gasteiger partial charge in [-0.3, -0.25) is 4.79 Å². The quantitative estimate of drug-likeness (QED) is 0.232. The molecular formula is C23H19BrN2O5. The Labute approximate surface area is 187 Å². The monoisotopic (exact) mass is 482 g/mol. The number of carbonyl (C=O) groups excluding carboxylic acids is 2. The van der Waals surface area contributed by atoms with Gasteiger partial charge in [0, 0.05) is 15.6 Å². The summed E-state index contributed by atoms with van der Waals surface area (Å²) in [4.78, 5) is 24.8. The minimum absolute atomic E-state index is 0.295. The fourth-order valence-electron chi connectivity index (χ4n) is 2.59. The van der Waals surface area contributed by atoms with Crippen molar-refractivity contribution in [3.05, 3.63) is 87.9 Å². The molecule has 0 fully saturated rings. The van der Waals surface area contributed by atoms with Crippen LogP contribution in [0.2, 0.25) is 0 Å². The van der Waals surface area contributed by atoms with E-state index < -0.39 is 11.9 Å². The third-order valence-electron chi connectivity index (χ3n) is 4.20. The van der Waals surface area contributed by atoms with Crippen molar-refractivity contribution in [2.45, 2.75) is 0 Å². The Balaban J connectivity index is 1.73. The summed E-state index contributed by atoms with van der Waals surface area (Å²) in [5.41, 5.74) is 3.72. The van der Waals surface area contributed by atoms with E-state index in [4.69, 9.17) is 14.2 Å². The molecule has 3 aromatic rings. The Kier molecular flexibility index (Phi) is 7.40. The fraction of sp³-hybridized carbons (Fsp3) is 0.0870. The zero-order valence-corrected chi connectivity index (χ0v) is 18.4. The highest BCUT2D eigenvalue weighted by Gasteiger charge is 2.12. The Morgan fingerprint density at radius 1 is 0.903 bits per heavy atom. The van der Waals surface area contributed by atoms with Gasteiger partial charge < -0.3 is 14.2 Å². The van der Waals surface area contributed by atoms with Gasteiger partial charge in [0.05, 0.1) is 26.0 Å². The first kappa shape index (κ1) is 22.0. The average molecular weight is 483 g/mol. The number of hydrogen-bond acceptors (Lipinski definition) is 6. The molecule has 0 aliphatic carbocycles.